The van der Waals surface area contributed by atoms with Gasteiger partial charge in [0.1, 0.15) is 24.3 Å². The van der Waals surface area contributed by atoms with Gasteiger partial charge in [-0.15, -0.1) is 11.8 Å². The second-order valence-corrected chi connectivity index (χ2v) is 9.50. The third-order valence-corrected chi connectivity index (χ3v) is 7.52. The Bertz CT molecular complexity index is 1440. The van der Waals surface area contributed by atoms with Crippen LogP contribution in [0.2, 0.25) is 0 Å². The predicted octanol–water partition coefficient (Wildman–Crippen LogP) is 4.53. The van der Waals surface area contributed by atoms with E-state index >= 15 is 0 Å². The van der Waals surface area contributed by atoms with Crippen molar-refractivity contribution >= 4 is 17.7 Å². The highest BCUT2D eigenvalue weighted by Gasteiger charge is 2.47. The molecule has 2 aromatic carbocycles. The monoisotopic (exact) mass is 523 g/mol. The number of pyridine rings is 1. The van der Waals surface area contributed by atoms with Crippen molar-refractivity contribution in [3.63, 3.8) is 0 Å². The van der Waals surface area contributed by atoms with Crippen LogP contribution in [0.15, 0.2) is 58.4 Å². The van der Waals surface area contributed by atoms with Crippen molar-refractivity contribution in [1.82, 2.24) is 9.58 Å². The third kappa shape index (κ3) is 3.80. The molecule has 0 bridgehead atoms. The number of alkyl halides is 3. The first-order chi connectivity index (χ1) is 17.0. The number of fused-ring (bicyclic) bond motifs is 3. The summed E-state index contributed by atoms with van der Waals surface area (Å²) in [4.78, 5) is 26.4. The van der Waals surface area contributed by atoms with E-state index in [0.717, 1.165) is 36.0 Å². The molecule has 188 valence electrons. The van der Waals surface area contributed by atoms with Gasteiger partial charge in [-0.2, -0.15) is 13.2 Å². The Balaban J connectivity index is 1.81. The van der Waals surface area contributed by atoms with Crippen molar-refractivity contribution in [1.29, 1.82) is 0 Å². The van der Waals surface area contributed by atoms with Crippen LogP contribution in [0.5, 0.6) is 5.75 Å². The number of halogens is 5. The lowest BCUT2D eigenvalue weighted by Gasteiger charge is -2.46. The first kappa shape index (κ1) is 24.2. The predicted molar refractivity (Wildman–Crippen MR) is 121 cm³/mol. The maximum absolute atomic E-state index is 14.9. The van der Waals surface area contributed by atoms with Crippen LogP contribution in [0.1, 0.15) is 40.1 Å². The molecule has 0 spiro atoms. The lowest BCUT2D eigenvalue weighted by molar-refractivity contribution is -0.173. The fraction of sp³-hybridized carbons (Fsp3) is 0.250. The van der Waals surface area contributed by atoms with E-state index in [0.29, 0.717) is 15.4 Å². The van der Waals surface area contributed by atoms with Gasteiger partial charge in [-0.25, -0.2) is 8.78 Å². The van der Waals surface area contributed by atoms with Gasteiger partial charge in [0.05, 0.1) is 6.04 Å². The van der Waals surface area contributed by atoms with Crippen molar-refractivity contribution in [2.45, 2.75) is 35.8 Å². The number of hydrogen-bond donors (Lipinski definition) is 1. The van der Waals surface area contributed by atoms with E-state index in [2.05, 4.69) is 0 Å². The number of benzene rings is 2. The van der Waals surface area contributed by atoms with Crippen molar-refractivity contribution in [2.75, 3.05) is 11.7 Å². The Morgan fingerprint density at radius 1 is 1.08 bits per heavy atom. The number of aromatic nitrogens is 1. The first-order valence-corrected chi connectivity index (χ1v) is 11.8. The topological polar surface area (TPSA) is 65.8 Å². The van der Waals surface area contributed by atoms with Crippen LogP contribution in [0, 0.1) is 11.6 Å². The number of carbonyl (C=O) groups excluding carboxylic acids is 1. The fourth-order valence-corrected chi connectivity index (χ4v) is 5.66. The van der Waals surface area contributed by atoms with Gasteiger partial charge in [0.25, 0.3) is 5.91 Å². The van der Waals surface area contributed by atoms with Gasteiger partial charge in [0.15, 0.2) is 11.4 Å². The molecule has 3 heterocycles. The summed E-state index contributed by atoms with van der Waals surface area (Å²) in [6.45, 7) is 0.143. The Morgan fingerprint density at radius 2 is 1.81 bits per heavy atom. The summed E-state index contributed by atoms with van der Waals surface area (Å²) in [6, 6.07) is 6.33. The molecule has 0 saturated carbocycles. The molecule has 0 fully saturated rings. The minimum absolute atomic E-state index is 0.132. The summed E-state index contributed by atoms with van der Waals surface area (Å²) in [5.74, 6) is -3.78. The molecule has 0 aliphatic carbocycles. The van der Waals surface area contributed by atoms with Gasteiger partial charge in [-0.1, -0.05) is 18.2 Å². The van der Waals surface area contributed by atoms with E-state index < -0.39 is 59.3 Å². The molecule has 6 nitrogen and oxygen atoms in total. The molecule has 0 radical (unpaired) electrons. The Morgan fingerprint density at radius 3 is 2.53 bits per heavy atom. The SMILES string of the molecule is C[C@@H](N1CN([C@@H]2c3ccccc3SCc3c(F)cc(F)cc32)n2ccc(=O)c(O)c2C1=O)C(F)(F)F. The number of rotatable bonds is 2. The van der Waals surface area contributed by atoms with Crippen LogP contribution in [0.3, 0.4) is 0 Å². The standard InChI is InChI=1S/C24H18F5N3O3S/c1-12(24(27,28)29)30-11-32(31-7-6-18(33)22(34)21(31)23(30)35)20-14-4-2-3-5-19(14)36-10-16-15(20)8-13(25)9-17(16)26/h2-9,12,20,34H,10-11H2,1H3/t12-,20-/m1/s1. The van der Waals surface area contributed by atoms with Crippen molar-refractivity contribution in [2.24, 2.45) is 0 Å². The zero-order valence-electron chi connectivity index (χ0n) is 18.6. The molecule has 1 amide bonds. The van der Waals surface area contributed by atoms with Crippen LogP contribution in [0.4, 0.5) is 22.0 Å². The average Bonchev–Trinajstić information content (AvgIpc) is 2.97. The van der Waals surface area contributed by atoms with Crippen LogP contribution in [-0.4, -0.2) is 39.5 Å². The molecular formula is C24H18F5N3O3S. The van der Waals surface area contributed by atoms with Crippen molar-refractivity contribution in [3.8, 4) is 5.75 Å². The van der Waals surface area contributed by atoms with E-state index in [9.17, 15) is 36.6 Å². The minimum Gasteiger partial charge on any atom is -0.502 e. The number of carbonyl (C=O) groups is 1. The highest BCUT2D eigenvalue weighted by Crippen LogP contribution is 2.44. The van der Waals surface area contributed by atoms with E-state index in [4.69, 9.17) is 0 Å². The molecule has 2 atom stereocenters. The smallest absolute Gasteiger partial charge is 0.408 e. The quantitative estimate of drug-likeness (QED) is 0.501. The molecule has 2 aliphatic heterocycles. The molecule has 3 aromatic rings. The first-order valence-electron chi connectivity index (χ1n) is 10.8. The second kappa shape index (κ2) is 8.54. The van der Waals surface area contributed by atoms with Gasteiger partial charge < -0.3 is 10.0 Å². The molecule has 36 heavy (non-hydrogen) atoms. The molecule has 2 aliphatic rings. The fourth-order valence-electron chi connectivity index (χ4n) is 4.53. The zero-order valence-corrected chi connectivity index (χ0v) is 19.4. The third-order valence-electron chi connectivity index (χ3n) is 6.41. The summed E-state index contributed by atoms with van der Waals surface area (Å²) >= 11 is 1.28. The summed E-state index contributed by atoms with van der Waals surface area (Å²) in [7, 11) is 0. The van der Waals surface area contributed by atoms with Gasteiger partial charge >= 0.3 is 6.18 Å². The maximum atomic E-state index is 14.9. The lowest BCUT2D eigenvalue weighted by atomic mass is 9.93. The normalized spacial score (nSPS) is 18.3. The Hall–Kier alpha value is -3.54. The molecule has 12 heteroatoms. The lowest BCUT2D eigenvalue weighted by Crippen LogP contribution is -2.60. The summed E-state index contributed by atoms with van der Waals surface area (Å²) in [5, 5.41) is 11.7. The van der Waals surface area contributed by atoms with Crippen LogP contribution in [0.25, 0.3) is 0 Å². The summed E-state index contributed by atoms with van der Waals surface area (Å²) in [6.07, 6.45) is -3.66. The number of nitrogens with zero attached hydrogens (tertiary/aromatic N) is 3. The molecule has 0 unspecified atom stereocenters. The number of thioether (sulfide) groups is 1. The largest absolute Gasteiger partial charge is 0.502 e. The van der Waals surface area contributed by atoms with Gasteiger partial charge in [0.2, 0.25) is 5.43 Å². The highest BCUT2D eigenvalue weighted by molar-refractivity contribution is 7.98. The number of amides is 1. The number of hydrogen-bond acceptors (Lipinski definition) is 5. The summed E-state index contributed by atoms with van der Waals surface area (Å²) < 4.78 is 71.7. The number of aromatic hydroxyl groups is 1. The van der Waals surface area contributed by atoms with Crippen molar-refractivity contribution < 1.29 is 31.9 Å². The maximum Gasteiger partial charge on any atom is 0.408 e. The van der Waals surface area contributed by atoms with Gasteiger partial charge in [-0.3, -0.25) is 19.3 Å². The van der Waals surface area contributed by atoms with Crippen LogP contribution < -0.4 is 10.4 Å². The minimum atomic E-state index is -4.82. The Kier molecular flexibility index (Phi) is 5.73. The summed E-state index contributed by atoms with van der Waals surface area (Å²) in [5.41, 5.74) is -0.780. The highest BCUT2D eigenvalue weighted by atomic mass is 32.2. The molecular weight excluding hydrogens is 505 g/mol. The van der Waals surface area contributed by atoms with Gasteiger partial charge in [-0.05, 0) is 30.2 Å². The Labute approximate surface area is 205 Å². The van der Waals surface area contributed by atoms with E-state index in [1.165, 1.54) is 16.8 Å². The van der Waals surface area contributed by atoms with Crippen LogP contribution in [-0.2, 0) is 5.75 Å². The molecule has 5 rings (SSSR count). The molecule has 1 N–H and O–H groups in total. The van der Waals surface area contributed by atoms with Crippen LogP contribution >= 0.6 is 11.8 Å². The second-order valence-electron chi connectivity index (χ2n) is 8.48. The average molecular weight is 523 g/mol. The van der Waals surface area contributed by atoms with Gasteiger partial charge in [0, 0.05) is 34.5 Å². The molecule has 0 saturated heterocycles. The molecule has 1 aromatic heterocycles. The van der Waals surface area contributed by atoms with E-state index in [1.807, 2.05) is 0 Å². The van der Waals surface area contributed by atoms with E-state index in [-0.39, 0.29) is 16.9 Å². The van der Waals surface area contributed by atoms with Crippen molar-refractivity contribution in [3.05, 3.63) is 92.9 Å². The zero-order chi connectivity index (χ0) is 25.9. The van der Waals surface area contributed by atoms with E-state index in [1.54, 1.807) is 24.3 Å².